The molecule has 108 valence electrons. The highest BCUT2D eigenvalue weighted by Gasteiger charge is 2.09. The number of carbonyl (C=O) groups excluding carboxylic acids is 1. The fourth-order valence-electron chi connectivity index (χ4n) is 1.99. The zero-order valence-electron chi connectivity index (χ0n) is 11.7. The molecule has 0 aliphatic carbocycles. The normalized spacial score (nSPS) is 11.2. The first-order valence-corrected chi connectivity index (χ1v) is 6.45. The van der Waals surface area contributed by atoms with Crippen LogP contribution >= 0.6 is 0 Å². The molecule has 0 radical (unpaired) electrons. The Kier molecular flexibility index (Phi) is 4.57. The molecule has 0 unspecified atom stereocenters. The Morgan fingerprint density at radius 2 is 2.10 bits per heavy atom. The second kappa shape index (κ2) is 6.38. The number of aromatic nitrogens is 1. The predicted octanol–water partition coefficient (Wildman–Crippen LogP) is 1.09. The monoisotopic (exact) mass is 278 g/mol. The molecule has 0 saturated carbocycles. The summed E-state index contributed by atoms with van der Waals surface area (Å²) in [6.07, 6.45) is 0.341. The van der Waals surface area contributed by atoms with Crippen LogP contribution in [0.3, 0.4) is 0 Å². The van der Waals surface area contributed by atoms with Crippen molar-refractivity contribution in [2.24, 2.45) is 0 Å². The lowest BCUT2D eigenvalue weighted by molar-refractivity contribution is -0.140. The van der Waals surface area contributed by atoms with E-state index in [0.717, 1.165) is 5.52 Å². The van der Waals surface area contributed by atoms with Crippen molar-refractivity contribution in [1.82, 2.24) is 9.47 Å². The van der Waals surface area contributed by atoms with Crippen LogP contribution in [0.25, 0.3) is 11.1 Å². The van der Waals surface area contributed by atoms with Crippen LogP contribution in [0.15, 0.2) is 33.5 Å². The quantitative estimate of drug-likeness (QED) is 0.740. The van der Waals surface area contributed by atoms with Crippen LogP contribution in [0.2, 0.25) is 0 Å². The average Bonchev–Trinajstić information content (AvgIpc) is 2.78. The number of rotatable bonds is 6. The van der Waals surface area contributed by atoms with E-state index >= 15 is 0 Å². The largest absolute Gasteiger partial charge is 0.469 e. The Labute approximate surface area is 116 Å². The molecule has 0 amide bonds. The van der Waals surface area contributed by atoms with Crippen LogP contribution in [0.4, 0.5) is 0 Å². The highest BCUT2D eigenvalue weighted by Crippen LogP contribution is 2.11. The number of benzene rings is 1. The van der Waals surface area contributed by atoms with Gasteiger partial charge >= 0.3 is 11.7 Å². The zero-order valence-corrected chi connectivity index (χ0v) is 11.7. The Morgan fingerprint density at radius 1 is 1.35 bits per heavy atom. The van der Waals surface area contributed by atoms with Crippen LogP contribution in [-0.2, 0) is 16.1 Å². The minimum Gasteiger partial charge on any atom is -0.469 e. The van der Waals surface area contributed by atoms with Gasteiger partial charge < -0.3 is 14.1 Å². The molecule has 1 aromatic carbocycles. The molecule has 1 heterocycles. The molecule has 1 aromatic heterocycles. The fourth-order valence-corrected chi connectivity index (χ4v) is 1.99. The Morgan fingerprint density at radius 3 is 2.85 bits per heavy atom. The van der Waals surface area contributed by atoms with Gasteiger partial charge in [0.05, 0.1) is 19.0 Å². The molecule has 0 aliphatic heterocycles. The summed E-state index contributed by atoms with van der Waals surface area (Å²) in [5.41, 5.74) is 1.38. The SMILES string of the molecule is COC(=O)CCN(C)CCn1c(=O)oc2ccccc21. The van der Waals surface area contributed by atoms with Crippen molar-refractivity contribution in [1.29, 1.82) is 0 Å². The zero-order chi connectivity index (χ0) is 14.5. The Bertz CT molecular complexity index is 644. The number of fused-ring (bicyclic) bond motifs is 1. The minimum absolute atomic E-state index is 0.234. The molecular formula is C14H18N2O4. The van der Waals surface area contributed by atoms with Crippen molar-refractivity contribution < 1.29 is 13.9 Å². The number of oxazole rings is 1. The third-order valence-corrected chi connectivity index (χ3v) is 3.20. The number of ether oxygens (including phenoxy) is 1. The molecule has 6 heteroatoms. The summed E-state index contributed by atoms with van der Waals surface area (Å²) in [6.45, 7) is 1.77. The van der Waals surface area contributed by atoms with Gasteiger partial charge in [-0.25, -0.2) is 4.79 Å². The molecule has 0 saturated heterocycles. The van der Waals surface area contributed by atoms with Gasteiger partial charge in [-0.15, -0.1) is 0 Å². The topological polar surface area (TPSA) is 64.7 Å². The number of nitrogens with zero attached hydrogens (tertiary/aromatic N) is 2. The summed E-state index contributed by atoms with van der Waals surface area (Å²) in [7, 11) is 3.27. The van der Waals surface area contributed by atoms with E-state index in [0.29, 0.717) is 31.6 Å². The maximum Gasteiger partial charge on any atom is 0.419 e. The number of likely N-dealkylation sites (N-methyl/N-ethyl adjacent to an activating group) is 1. The molecule has 0 bridgehead atoms. The highest BCUT2D eigenvalue weighted by atomic mass is 16.5. The summed E-state index contributed by atoms with van der Waals surface area (Å²) < 4.78 is 11.4. The highest BCUT2D eigenvalue weighted by molar-refractivity contribution is 5.72. The van der Waals surface area contributed by atoms with Crippen molar-refractivity contribution in [3.8, 4) is 0 Å². The summed E-state index contributed by atoms with van der Waals surface area (Å²) >= 11 is 0. The summed E-state index contributed by atoms with van der Waals surface area (Å²) in [6, 6.07) is 7.33. The lowest BCUT2D eigenvalue weighted by Gasteiger charge is -2.15. The summed E-state index contributed by atoms with van der Waals surface area (Å²) in [4.78, 5) is 24.8. The number of hydrogen-bond donors (Lipinski definition) is 0. The maximum atomic E-state index is 11.8. The van der Waals surface area contributed by atoms with Crippen LogP contribution < -0.4 is 5.76 Å². The van der Waals surface area contributed by atoms with Gasteiger partial charge in [0.1, 0.15) is 0 Å². The molecule has 0 atom stereocenters. The van der Waals surface area contributed by atoms with E-state index in [2.05, 4.69) is 4.74 Å². The lowest BCUT2D eigenvalue weighted by atomic mass is 10.3. The molecule has 20 heavy (non-hydrogen) atoms. The van der Waals surface area contributed by atoms with E-state index in [-0.39, 0.29) is 11.7 Å². The van der Waals surface area contributed by atoms with Gasteiger partial charge in [-0.3, -0.25) is 9.36 Å². The van der Waals surface area contributed by atoms with Gasteiger partial charge in [-0.1, -0.05) is 12.1 Å². The maximum absolute atomic E-state index is 11.8. The number of esters is 1. The van der Waals surface area contributed by atoms with E-state index in [1.807, 2.05) is 30.1 Å². The van der Waals surface area contributed by atoms with Crippen molar-refractivity contribution in [2.75, 3.05) is 27.2 Å². The van der Waals surface area contributed by atoms with E-state index in [9.17, 15) is 9.59 Å². The third-order valence-electron chi connectivity index (χ3n) is 3.20. The van der Waals surface area contributed by atoms with E-state index in [1.54, 1.807) is 10.6 Å². The molecule has 6 nitrogen and oxygen atoms in total. The van der Waals surface area contributed by atoms with Crippen molar-refractivity contribution in [3.63, 3.8) is 0 Å². The van der Waals surface area contributed by atoms with Crippen LogP contribution in [0.5, 0.6) is 0 Å². The Hall–Kier alpha value is -2.08. The first-order chi connectivity index (χ1) is 9.61. The van der Waals surface area contributed by atoms with Crippen LogP contribution in [0.1, 0.15) is 6.42 Å². The molecule has 2 rings (SSSR count). The number of hydrogen-bond acceptors (Lipinski definition) is 5. The first kappa shape index (κ1) is 14.3. The van der Waals surface area contributed by atoms with E-state index in [4.69, 9.17) is 4.42 Å². The third kappa shape index (κ3) is 3.27. The van der Waals surface area contributed by atoms with Gasteiger partial charge in [0.25, 0.3) is 0 Å². The smallest absolute Gasteiger partial charge is 0.419 e. The van der Waals surface area contributed by atoms with Crippen molar-refractivity contribution >= 4 is 17.1 Å². The van der Waals surface area contributed by atoms with Crippen molar-refractivity contribution in [3.05, 3.63) is 34.8 Å². The number of carbonyl (C=O) groups is 1. The van der Waals surface area contributed by atoms with Gasteiger partial charge in [0, 0.05) is 19.6 Å². The molecular weight excluding hydrogens is 260 g/mol. The first-order valence-electron chi connectivity index (χ1n) is 6.45. The van der Waals surface area contributed by atoms with Crippen LogP contribution in [-0.4, -0.2) is 42.7 Å². The second-order valence-electron chi connectivity index (χ2n) is 4.62. The molecule has 2 aromatic rings. The fraction of sp³-hybridized carbons (Fsp3) is 0.429. The molecule has 0 fully saturated rings. The number of para-hydroxylation sites is 2. The summed E-state index contributed by atoms with van der Waals surface area (Å²) in [5, 5.41) is 0. The van der Waals surface area contributed by atoms with Gasteiger partial charge in [-0.2, -0.15) is 0 Å². The van der Waals surface area contributed by atoms with Gasteiger partial charge in [0.15, 0.2) is 5.58 Å². The van der Waals surface area contributed by atoms with Crippen LogP contribution in [0, 0.1) is 0 Å². The van der Waals surface area contributed by atoms with E-state index in [1.165, 1.54) is 7.11 Å². The Balaban J connectivity index is 1.97. The number of methoxy groups -OCH3 is 1. The predicted molar refractivity (Wildman–Crippen MR) is 74.6 cm³/mol. The summed E-state index contributed by atoms with van der Waals surface area (Å²) in [5.74, 6) is -0.588. The van der Waals surface area contributed by atoms with Crippen molar-refractivity contribution in [2.45, 2.75) is 13.0 Å². The second-order valence-corrected chi connectivity index (χ2v) is 4.62. The molecule has 0 N–H and O–H groups in total. The van der Waals surface area contributed by atoms with Gasteiger partial charge in [-0.05, 0) is 19.2 Å². The van der Waals surface area contributed by atoms with E-state index < -0.39 is 0 Å². The van der Waals surface area contributed by atoms with Gasteiger partial charge in [0.2, 0.25) is 0 Å². The average molecular weight is 278 g/mol. The lowest BCUT2D eigenvalue weighted by Crippen LogP contribution is -2.28. The molecule has 0 spiro atoms. The molecule has 0 aliphatic rings. The standard InChI is InChI=1S/C14H18N2O4/c1-15(8-7-13(17)19-2)9-10-16-11-5-3-4-6-12(11)20-14(16)18/h3-6H,7-10H2,1-2H3. The minimum atomic E-state index is -0.354.